The molecule has 1 aliphatic heterocycles. The fraction of sp³-hybridized carbons (Fsp3) is 0.200. The van der Waals surface area contributed by atoms with E-state index in [9.17, 15) is 9.90 Å². The number of carbonyl (C=O) groups excluding carboxylic acids is 1. The van der Waals surface area contributed by atoms with E-state index >= 15 is 0 Å². The number of fused-ring (bicyclic) bond motifs is 1. The van der Waals surface area contributed by atoms with Crippen LogP contribution in [-0.2, 0) is 6.42 Å². The fourth-order valence-electron chi connectivity index (χ4n) is 3.25. The van der Waals surface area contributed by atoms with E-state index in [4.69, 9.17) is 4.74 Å². The molecule has 6 nitrogen and oxygen atoms in total. The number of aromatic nitrogens is 2. The molecule has 6 heteroatoms. The van der Waals surface area contributed by atoms with E-state index in [1.165, 1.54) is 0 Å². The molecule has 1 aliphatic rings. The summed E-state index contributed by atoms with van der Waals surface area (Å²) in [6.07, 6.45) is 0.673. The zero-order valence-corrected chi connectivity index (χ0v) is 14.3. The van der Waals surface area contributed by atoms with Crippen molar-refractivity contribution in [2.45, 2.75) is 12.3 Å². The predicted octanol–water partition coefficient (Wildman–Crippen LogP) is 2.86. The smallest absolute Gasteiger partial charge is 0.271 e. The molecule has 132 valence electrons. The number of aromatic hydroxyl groups is 1. The molecule has 3 N–H and O–H groups in total. The van der Waals surface area contributed by atoms with Gasteiger partial charge in [0.15, 0.2) is 0 Å². The fourth-order valence-corrected chi connectivity index (χ4v) is 3.25. The second-order valence-corrected chi connectivity index (χ2v) is 6.35. The first kappa shape index (κ1) is 16.2. The minimum Gasteiger partial charge on any atom is -0.508 e. The standard InChI is InChI=1S/C20H19N3O3/c1-26-16-4-2-3-13(9-16)14-10-17-18(20(25)21-11-14)23-19(22-17)12-5-7-15(24)8-6-12/h2-9,14,24H,10-11H2,1H3,(H,21,25)(H,22,23). The lowest BCUT2D eigenvalue weighted by molar-refractivity contribution is 0.0950. The molecule has 0 bridgehead atoms. The van der Waals surface area contributed by atoms with Gasteiger partial charge in [-0.2, -0.15) is 0 Å². The molecule has 1 aromatic heterocycles. The SMILES string of the molecule is COc1cccc(C2CNC(=O)c3nc(-c4ccc(O)cc4)[nH]c3C2)c1. The number of methoxy groups -OCH3 is 1. The second kappa shape index (κ2) is 6.55. The van der Waals surface area contributed by atoms with E-state index in [1.54, 1.807) is 31.4 Å². The molecule has 2 aromatic carbocycles. The molecule has 1 unspecified atom stereocenters. The first-order chi connectivity index (χ1) is 12.6. The van der Waals surface area contributed by atoms with Gasteiger partial charge in [-0.15, -0.1) is 0 Å². The Bertz CT molecular complexity index is 947. The van der Waals surface area contributed by atoms with Gasteiger partial charge in [0.25, 0.3) is 5.91 Å². The van der Waals surface area contributed by atoms with Crippen LogP contribution in [0.5, 0.6) is 11.5 Å². The number of benzene rings is 2. The molecular weight excluding hydrogens is 330 g/mol. The van der Waals surface area contributed by atoms with Crippen LogP contribution in [0.3, 0.4) is 0 Å². The molecule has 3 aromatic rings. The number of ether oxygens (including phenoxy) is 1. The third kappa shape index (κ3) is 3.01. The molecule has 2 heterocycles. The second-order valence-electron chi connectivity index (χ2n) is 6.35. The molecule has 1 amide bonds. The van der Waals surface area contributed by atoms with E-state index in [2.05, 4.69) is 15.3 Å². The lowest BCUT2D eigenvalue weighted by atomic mass is 9.94. The Kier molecular flexibility index (Phi) is 4.08. The van der Waals surface area contributed by atoms with Gasteiger partial charge in [-0.1, -0.05) is 12.1 Å². The van der Waals surface area contributed by atoms with Crippen molar-refractivity contribution in [1.29, 1.82) is 0 Å². The van der Waals surface area contributed by atoms with Gasteiger partial charge < -0.3 is 20.1 Å². The van der Waals surface area contributed by atoms with Crippen molar-refractivity contribution < 1.29 is 14.6 Å². The average molecular weight is 349 g/mol. The molecule has 0 radical (unpaired) electrons. The summed E-state index contributed by atoms with van der Waals surface area (Å²) >= 11 is 0. The van der Waals surface area contributed by atoms with Crippen LogP contribution in [0.15, 0.2) is 48.5 Å². The number of H-pyrrole nitrogens is 1. The maximum atomic E-state index is 12.4. The number of nitrogens with one attached hydrogen (secondary N) is 2. The monoisotopic (exact) mass is 349 g/mol. The van der Waals surface area contributed by atoms with E-state index in [-0.39, 0.29) is 17.6 Å². The van der Waals surface area contributed by atoms with Gasteiger partial charge in [0, 0.05) is 23.7 Å². The van der Waals surface area contributed by atoms with Crippen molar-refractivity contribution >= 4 is 5.91 Å². The van der Waals surface area contributed by atoms with Crippen LogP contribution in [0.1, 0.15) is 27.7 Å². The number of hydrogen-bond donors (Lipinski definition) is 3. The Hall–Kier alpha value is -3.28. The highest BCUT2D eigenvalue weighted by molar-refractivity contribution is 5.94. The molecule has 0 saturated heterocycles. The van der Waals surface area contributed by atoms with Crippen molar-refractivity contribution in [3.63, 3.8) is 0 Å². The van der Waals surface area contributed by atoms with Gasteiger partial charge in [-0.25, -0.2) is 4.98 Å². The number of phenolic OH excluding ortho intramolecular Hbond substituents is 1. The third-order valence-corrected chi connectivity index (χ3v) is 4.66. The number of rotatable bonds is 3. The number of aromatic amines is 1. The van der Waals surface area contributed by atoms with Crippen LogP contribution in [0.2, 0.25) is 0 Å². The molecule has 0 fully saturated rings. The summed E-state index contributed by atoms with van der Waals surface area (Å²) in [6, 6.07) is 14.6. The lowest BCUT2D eigenvalue weighted by Gasteiger charge is -2.15. The van der Waals surface area contributed by atoms with Crippen molar-refractivity contribution in [1.82, 2.24) is 15.3 Å². The van der Waals surface area contributed by atoms with E-state index < -0.39 is 0 Å². The maximum absolute atomic E-state index is 12.4. The number of phenols is 1. The Balaban J connectivity index is 1.68. The Morgan fingerprint density at radius 1 is 1.19 bits per heavy atom. The minimum absolute atomic E-state index is 0.128. The maximum Gasteiger partial charge on any atom is 0.271 e. The highest BCUT2D eigenvalue weighted by Crippen LogP contribution is 2.28. The number of carbonyl (C=O) groups is 1. The lowest BCUT2D eigenvalue weighted by Crippen LogP contribution is -2.26. The normalized spacial score (nSPS) is 16.5. The van der Waals surface area contributed by atoms with Gasteiger partial charge in [0.2, 0.25) is 0 Å². The molecule has 1 atom stereocenters. The molecule has 4 rings (SSSR count). The predicted molar refractivity (Wildman–Crippen MR) is 97.5 cm³/mol. The molecule has 26 heavy (non-hydrogen) atoms. The van der Waals surface area contributed by atoms with Crippen LogP contribution in [0.25, 0.3) is 11.4 Å². The number of nitrogens with zero attached hydrogens (tertiary/aromatic N) is 1. The zero-order valence-electron chi connectivity index (χ0n) is 14.3. The summed E-state index contributed by atoms with van der Waals surface area (Å²) in [5.41, 5.74) is 3.18. The van der Waals surface area contributed by atoms with Gasteiger partial charge in [0.05, 0.1) is 7.11 Å². The number of amides is 1. The summed E-state index contributed by atoms with van der Waals surface area (Å²) in [5.74, 6) is 1.57. The highest BCUT2D eigenvalue weighted by Gasteiger charge is 2.26. The van der Waals surface area contributed by atoms with Crippen LogP contribution in [-0.4, -0.2) is 34.6 Å². The van der Waals surface area contributed by atoms with Crippen molar-refractivity contribution in [3.8, 4) is 22.9 Å². The van der Waals surface area contributed by atoms with E-state index in [0.29, 0.717) is 24.5 Å². The summed E-state index contributed by atoms with van der Waals surface area (Å²) in [6.45, 7) is 0.546. The molecular formula is C20H19N3O3. The van der Waals surface area contributed by atoms with Crippen LogP contribution in [0.4, 0.5) is 0 Å². The third-order valence-electron chi connectivity index (χ3n) is 4.66. The average Bonchev–Trinajstić information content (AvgIpc) is 3.03. The van der Waals surface area contributed by atoms with Gasteiger partial charge >= 0.3 is 0 Å². The Morgan fingerprint density at radius 2 is 2.00 bits per heavy atom. The number of hydrogen-bond acceptors (Lipinski definition) is 4. The van der Waals surface area contributed by atoms with Crippen molar-refractivity contribution in [2.75, 3.05) is 13.7 Å². The Labute approximate surface area is 150 Å². The largest absolute Gasteiger partial charge is 0.508 e. The summed E-state index contributed by atoms with van der Waals surface area (Å²) in [5, 5.41) is 12.4. The van der Waals surface area contributed by atoms with Gasteiger partial charge in [0.1, 0.15) is 23.0 Å². The van der Waals surface area contributed by atoms with E-state index in [0.717, 1.165) is 22.6 Å². The van der Waals surface area contributed by atoms with Gasteiger partial charge in [-0.3, -0.25) is 4.79 Å². The zero-order chi connectivity index (χ0) is 18.1. The number of imidazole rings is 1. The topological polar surface area (TPSA) is 87.2 Å². The van der Waals surface area contributed by atoms with Crippen molar-refractivity contribution in [3.05, 3.63) is 65.5 Å². The summed E-state index contributed by atoms with van der Waals surface area (Å²) in [7, 11) is 1.64. The summed E-state index contributed by atoms with van der Waals surface area (Å²) < 4.78 is 5.31. The summed E-state index contributed by atoms with van der Waals surface area (Å²) in [4.78, 5) is 20.2. The molecule has 0 saturated carbocycles. The minimum atomic E-state index is -0.174. The van der Waals surface area contributed by atoms with Gasteiger partial charge in [-0.05, 0) is 48.4 Å². The van der Waals surface area contributed by atoms with Crippen molar-refractivity contribution in [2.24, 2.45) is 0 Å². The molecule has 0 aliphatic carbocycles. The van der Waals surface area contributed by atoms with Crippen LogP contribution >= 0.6 is 0 Å². The van der Waals surface area contributed by atoms with Crippen LogP contribution in [0, 0.1) is 0 Å². The highest BCUT2D eigenvalue weighted by atomic mass is 16.5. The first-order valence-corrected chi connectivity index (χ1v) is 8.44. The Morgan fingerprint density at radius 3 is 2.77 bits per heavy atom. The van der Waals surface area contributed by atoms with Crippen LogP contribution < -0.4 is 10.1 Å². The first-order valence-electron chi connectivity index (χ1n) is 8.44. The quantitative estimate of drug-likeness (QED) is 0.678. The molecule has 0 spiro atoms. The van der Waals surface area contributed by atoms with E-state index in [1.807, 2.05) is 24.3 Å².